The van der Waals surface area contributed by atoms with Crippen LogP contribution in [0.1, 0.15) is 13.8 Å². The number of hydrogen-bond donors (Lipinski definition) is 0. The van der Waals surface area contributed by atoms with Crippen molar-refractivity contribution in [1.29, 1.82) is 0 Å². The average molecular weight is 273 g/mol. The first-order chi connectivity index (χ1) is 8.99. The SMILES string of the molecule is CO[C@H]1O[C@H](COC(C)=O)[C@@H](OC(C)=O)[C@H]1N=[N+]=[N-]. The van der Waals surface area contributed by atoms with Gasteiger partial charge in [-0.25, -0.2) is 0 Å². The second kappa shape index (κ2) is 6.93. The molecular weight excluding hydrogens is 258 g/mol. The maximum atomic E-state index is 11.1. The van der Waals surface area contributed by atoms with Gasteiger partial charge in [0.05, 0.1) is 0 Å². The van der Waals surface area contributed by atoms with Crippen molar-refractivity contribution in [2.75, 3.05) is 13.7 Å². The van der Waals surface area contributed by atoms with Crippen LogP contribution in [0.4, 0.5) is 0 Å². The molecule has 19 heavy (non-hydrogen) atoms. The van der Waals surface area contributed by atoms with Crippen molar-refractivity contribution < 1.29 is 28.5 Å². The lowest BCUT2D eigenvalue weighted by molar-refractivity contribution is -0.161. The third-order valence-electron chi connectivity index (χ3n) is 2.46. The average Bonchev–Trinajstić information content (AvgIpc) is 2.65. The summed E-state index contributed by atoms with van der Waals surface area (Å²) in [5.41, 5.74) is 8.52. The highest BCUT2D eigenvalue weighted by molar-refractivity contribution is 5.66. The highest BCUT2D eigenvalue weighted by atomic mass is 16.7. The van der Waals surface area contributed by atoms with Gasteiger partial charge in [0.15, 0.2) is 6.29 Å². The van der Waals surface area contributed by atoms with Crippen LogP contribution in [0.15, 0.2) is 5.11 Å². The second-order valence-corrected chi connectivity index (χ2v) is 3.85. The van der Waals surface area contributed by atoms with E-state index in [2.05, 4.69) is 10.0 Å². The van der Waals surface area contributed by atoms with Crippen LogP contribution >= 0.6 is 0 Å². The lowest BCUT2D eigenvalue weighted by Crippen LogP contribution is -2.37. The second-order valence-electron chi connectivity index (χ2n) is 3.85. The number of nitrogens with zero attached hydrogens (tertiary/aromatic N) is 3. The van der Waals surface area contributed by atoms with Crippen LogP contribution in [0.2, 0.25) is 0 Å². The highest BCUT2D eigenvalue weighted by Crippen LogP contribution is 2.27. The predicted octanol–water partition coefficient (Wildman–Crippen LogP) is 0.531. The summed E-state index contributed by atoms with van der Waals surface area (Å²) < 4.78 is 20.3. The van der Waals surface area contributed by atoms with E-state index < -0.39 is 36.5 Å². The molecule has 106 valence electrons. The monoisotopic (exact) mass is 273 g/mol. The molecule has 0 aromatic rings. The molecule has 0 radical (unpaired) electrons. The lowest BCUT2D eigenvalue weighted by atomic mass is 10.1. The van der Waals surface area contributed by atoms with Gasteiger partial charge >= 0.3 is 11.9 Å². The van der Waals surface area contributed by atoms with E-state index in [4.69, 9.17) is 24.5 Å². The van der Waals surface area contributed by atoms with Gasteiger partial charge in [-0.05, 0) is 5.53 Å². The third-order valence-corrected chi connectivity index (χ3v) is 2.46. The first-order valence-electron chi connectivity index (χ1n) is 5.52. The van der Waals surface area contributed by atoms with Gasteiger partial charge in [0.1, 0.15) is 24.9 Å². The van der Waals surface area contributed by atoms with E-state index in [1.165, 1.54) is 21.0 Å². The molecule has 9 nitrogen and oxygen atoms in total. The molecule has 1 fully saturated rings. The number of azide groups is 1. The smallest absolute Gasteiger partial charge is 0.303 e. The topological polar surface area (TPSA) is 120 Å². The molecule has 0 bridgehead atoms. The quantitative estimate of drug-likeness (QED) is 0.312. The van der Waals surface area contributed by atoms with Crippen LogP contribution in [0.5, 0.6) is 0 Å². The molecule has 0 spiro atoms. The molecule has 1 saturated heterocycles. The van der Waals surface area contributed by atoms with Gasteiger partial charge < -0.3 is 18.9 Å². The van der Waals surface area contributed by atoms with Crippen molar-refractivity contribution in [2.24, 2.45) is 5.11 Å². The van der Waals surface area contributed by atoms with E-state index in [-0.39, 0.29) is 6.61 Å². The summed E-state index contributed by atoms with van der Waals surface area (Å²) in [4.78, 5) is 24.5. The van der Waals surface area contributed by atoms with E-state index in [1.807, 2.05) is 0 Å². The summed E-state index contributed by atoms with van der Waals surface area (Å²) in [5, 5.41) is 3.50. The first kappa shape index (κ1) is 15.2. The Morgan fingerprint density at radius 2 is 2.05 bits per heavy atom. The molecule has 0 saturated carbocycles. The number of ether oxygens (including phenoxy) is 4. The summed E-state index contributed by atoms with van der Waals surface area (Å²) >= 11 is 0. The molecule has 1 rings (SSSR count). The fourth-order valence-corrected chi connectivity index (χ4v) is 1.75. The van der Waals surface area contributed by atoms with Gasteiger partial charge in [0, 0.05) is 25.9 Å². The summed E-state index contributed by atoms with van der Waals surface area (Å²) in [7, 11) is 1.36. The highest BCUT2D eigenvalue weighted by Gasteiger charge is 2.47. The standard InChI is InChI=1S/C10H15N3O6/c1-5(14)17-4-7-9(18-6(2)15)8(12-13-11)10(16-3)19-7/h7-10H,4H2,1-3H3/t7-,8-,9-,10+/m1/s1. The Morgan fingerprint density at radius 1 is 1.37 bits per heavy atom. The van der Waals surface area contributed by atoms with E-state index >= 15 is 0 Å². The molecule has 0 unspecified atom stereocenters. The Hall–Kier alpha value is -1.83. The number of hydrogen-bond acceptors (Lipinski definition) is 7. The molecule has 1 aliphatic rings. The van der Waals surface area contributed by atoms with Crippen LogP contribution in [-0.2, 0) is 28.5 Å². The molecule has 9 heteroatoms. The van der Waals surface area contributed by atoms with Crippen LogP contribution in [0, 0.1) is 0 Å². The Balaban J connectivity index is 2.85. The fraction of sp³-hybridized carbons (Fsp3) is 0.800. The number of methoxy groups -OCH3 is 1. The first-order valence-corrected chi connectivity index (χ1v) is 5.52. The maximum Gasteiger partial charge on any atom is 0.303 e. The van der Waals surface area contributed by atoms with Gasteiger partial charge in [-0.2, -0.15) is 0 Å². The zero-order chi connectivity index (χ0) is 14.4. The summed E-state index contributed by atoms with van der Waals surface area (Å²) in [6.45, 7) is 2.34. The van der Waals surface area contributed by atoms with E-state index in [9.17, 15) is 9.59 Å². The Bertz CT molecular complexity index is 395. The zero-order valence-electron chi connectivity index (χ0n) is 10.8. The van der Waals surface area contributed by atoms with Crippen molar-refractivity contribution in [3.63, 3.8) is 0 Å². The number of rotatable bonds is 5. The van der Waals surface area contributed by atoms with Crippen LogP contribution in [0.3, 0.4) is 0 Å². The fourth-order valence-electron chi connectivity index (χ4n) is 1.75. The minimum Gasteiger partial charge on any atom is -0.463 e. The minimum atomic E-state index is -0.863. The number of carbonyl (C=O) groups excluding carboxylic acids is 2. The molecule has 1 aliphatic heterocycles. The Kier molecular flexibility index (Phi) is 5.56. The van der Waals surface area contributed by atoms with Gasteiger partial charge in [-0.1, -0.05) is 5.11 Å². The Labute approximate surface area is 109 Å². The lowest BCUT2D eigenvalue weighted by Gasteiger charge is -2.19. The van der Waals surface area contributed by atoms with E-state index in [1.54, 1.807) is 0 Å². The number of carbonyl (C=O) groups is 2. The molecule has 0 aliphatic carbocycles. The summed E-state index contributed by atoms with van der Waals surface area (Å²) in [6.07, 6.45) is -2.47. The largest absolute Gasteiger partial charge is 0.463 e. The van der Waals surface area contributed by atoms with Crippen molar-refractivity contribution in [3.05, 3.63) is 10.4 Å². The van der Waals surface area contributed by atoms with Crippen LogP contribution < -0.4 is 0 Å². The van der Waals surface area contributed by atoms with Gasteiger partial charge in [0.25, 0.3) is 0 Å². The minimum absolute atomic E-state index is 0.120. The molecule has 0 amide bonds. The van der Waals surface area contributed by atoms with Crippen LogP contribution in [-0.4, -0.2) is 50.2 Å². The summed E-state index contributed by atoms with van der Waals surface area (Å²) in [5.74, 6) is -1.05. The third kappa shape index (κ3) is 4.09. The van der Waals surface area contributed by atoms with Crippen molar-refractivity contribution in [2.45, 2.75) is 38.4 Å². The summed E-state index contributed by atoms with van der Waals surface area (Å²) in [6, 6.07) is -0.834. The van der Waals surface area contributed by atoms with Gasteiger partial charge in [-0.15, -0.1) is 0 Å². The Morgan fingerprint density at radius 3 is 2.53 bits per heavy atom. The predicted molar refractivity (Wildman–Crippen MR) is 60.8 cm³/mol. The zero-order valence-corrected chi connectivity index (χ0v) is 10.8. The molecular formula is C10H15N3O6. The van der Waals surface area contributed by atoms with Crippen LogP contribution in [0.25, 0.3) is 10.4 Å². The molecule has 0 aromatic carbocycles. The van der Waals surface area contributed by atoms with Crippen molar-refractivity contribution >= 4 is 11.9 Å². The van der Waals surface area contributed by atoms with E-state index in [0.717, 1.165) is 0 Å². The van der Waals surface area contributed by atoms with Gasteiger partial charge in [-0.3, -0.25) is 9.59 Å². The molecule has 4 atom stereocenters. The van der Waals surface area contributed by atoms with E-state index in [0.29, 0.717) is 0 Å². The van der Waals surface area contributed by atoms with Crippen molar-refractivity contribution in [1.82, 2.24) is 0 Å². The molecule has 1 heterocycles. The normalized spacial score (nSPS) is 29.4. The molecule has 0 N–H and O–H groups in total. The number of esters is 2. The van der Waals surface area contributed by atoms with Crippen molar-refractivity contribution in [3.8, 4) is 0 Å². The molecule has 0 aromatic heterocycles. The van der Waals surface area contributed by atoms with Gasteiger partial charge in [0.2, 0.25) is 0 Å². The maximum absolute atomic E-state index is 11.1.